The lowest BCUT2D eigenvalue weighted by Gasteiger charge is -2.04. The molecule has 0 N–H and O–H groups in total. The lowest BCUT2D eigenvalue weighted by molar-refractivity contribution is -0.114. The SMILES string of the molecule is N#CC1=C(Cl)C(=O)C(Cl)=CC1=O. The number of ketones is 2. The third-order valence-electron chi connectivity index (χ3n) is 1.25. The molecule has 0 aromatic heterocycles. The molecule has 12 heavy (non-hydrogen) atoms. The van der Waals surface area contributed by atoms with Gasteiger partial charge in [-0.3, -0.25) is 9.59 Å². The van der Waals surface area contributed by atoms with Crippen molar-refractivity contribution in [2.24, 2.45) is 0 Å². The molecule has 60 valence electrons. The molecular formula is C7HCl2NO2. The van der Waals surface area contributed by atoms with Crippen LogP contribution in [-0.2, 0) is 9.59 Å². The maximum Gasteiger partial charge on any atom is 0.217 e. The van der Waals surface area contributed by atoms with Crippen molar-refractivity contribution in [3.05, 3.63) is 21.7 Å². The van der Waals surface area contributed by atoms with Crippen LogP contribution >= 0.6 is 23.2 Å². The van der Waals surface area contributed by atoms with Crippen LogP contribution in [0, 0.1) is 11.3 Å². The van der Waals surface area contributed by atoms with Gasteiger partial charge in [-0.15, -0.1) is 0 Å². The number of carbonyl (C=O) groups is 2. The van der Waals surface area contributed by atoms with Crippen LogP contribution in [0.3, 0.4) is 0 Å². The minimum Gasteiger partial charge on any atom is -0.288 e. The van der Waals surface area contributed by atoms with Crippen LogP contribution in [0.1, 0.15) is 0 Å². The highest BCUT2D eigenvalue weighted by Crippen LogP contribution is 2.23. The van der Waals surface area contributed by atoms with E-state index >= 15 is 0 Å². The van der Waals surface area contributed by atoms with Gasteiger partial charge in [-0.25, -0.2) is 0 Å². The standard InChI is InChI=1S/C7HCl2NO2/c8-4-1-5(11)3(2-10)6(9)7(4)12/h1H. The number of Topliss-reactive ketones (excluding diaryl/α,β-unsaturated/α-hetero) is 1. The zero-order valence-corrected chi connectivity index (χ0v) is 7.11. The maximum absolute atomic E-state index is 10.9. The summed E-state index contributed by atoms with van der Waals surface area (Å²) in [6.07, 6.45) is 0.883. The number of allylic oxidation sites excluding steroid dienone is 4. The smallest absolute Gasteiger partial charge is 0.217 e. The Kier molecular flexibility index (Phi) is 2.32. The topological polar surface area (TPSA) is 57.9 Å². The summed E-state index contributed by atoms with van der Waals surface area (Å²) in [5.41, 5.74) is -0.355. The van der Waals surface area contributed by atoms with E-state index < -0.39 is 16.6 Å². The highest BCUT2D eigenvalue weighted by atomic mass is 35.5. The summed E-state index contributed by atoms with van der Waals surface area (Å²) in [4.78, 5) is 21.9. The first-order valence-corrected chi connectivity index (χ1v) is 3.59. The van der Waals surface area contributed by atoms with Gasteiger partial charge >= 0.3 is 0 Å². The van der Waals surface area contributed by atoms with Gasteiger partial charge in [0.1, 0.15) is 16.7 Å². The third kappa shape index (κ3) is 1.27. The molecule has 0 bridgehead atoms. The van der Waals surface area contributed by atoms with Crippen LogP contribution in [0.4, 0.5) is 0 Å². The van der Waals surface area contributed by atoms with Crippen molar-refractivity contribution >= 4 is 34.8 Å². The molecule has 1 rings (SSSR count). The van der Waals surface area contributed by atoms with Crippen molar-refractivity contribution in [2.45, 2.75) is 0 Å². The quantitative estimate of drug-likeness (QED) is 0.555. The van der Waals surface area contributed by atoms with Gasteiger partial charge in [-0.1, -0.05) is 23.2 Å². The van der Waals surface area contributed by atoms with E-state index in [1.807, 2.05) is 0 Å². The van der Waals surface area contributed by atoms with Crippen molar-refractivity contribution in [3.8, 4) is 6.07 Å². The van der Waals surface area contributed by atoms with Gasteiger partial charge in [0.25, 0.3) is 0 Å². The van der Waals surface area contributed by atoms with E-state index in [2.05, 4.69) is 0 Å². The van der Waals surface area contributed by atoms with Crippen LogP contribution in [-0.4, -0.2) is 11.6 Å². The normalized spacial score (nSPS) is 17.6. The summed E-state index contributed by atoms with van der Waals surface area (Å²) in [7, 11) is 0. The fourth-order valence-electron chi connectivity index (χ4n) is 0.684. The lowest BCUT2D eigenvalue weighted by Crippen LogP contribution is -2.13. The fourth-order valence-corrected chi connectivity index (χ4v) is 1.16. The Labute approximate surface area is 77.9 Å². The van der Waals surface area contributed by atoms with Crippen LogP contribution in [0.15, 0.2) is 21.7 Å². The molecule has 0 radical (unpaired) electrons. The van der Waals surface area contributed by atoms with Gasteiger partial charge in [0.15, 0.2) is 5.78 Å². The molecule has 1 aliphatic carbocycles. The molecule has 0 fully saturated rings. The first kappa shape index (κ1) is 8.98. The van der Waals surface area contributed by atoms with Crippen molar-refractivity contribution < 1.29 is 9.59 Å². The Bertz CT molecular complexity index is 373. The molecule has 5 heteroatoms. The predicted molar refractivity (Wildman–Crippen MR) is 42.4 cm³/mol. The van der Waals surface area contributed by atoms with Gasteiger partial charge < -0.3 is 0 Å². The Morgan fingerprint density at radius 1 is 1.33 bits per heavy atom. The van der Waals surface area contributed by atoms with Gasteiger partial charge in [0.05, 0.1) is 5.03 Å². The second-order valence-electron chi connectivity index (χ2n) is 1.99. The van der Waals surface area contributed by atoms with E-state index in [1.165, 1.54) is 6.07 Å². The van der Waals surface area contributed by atoms with E-state index in [0.717, 1.165) is 6.08 Å². The first-order chi connectivity index (χ1) is 5.57. The molecule has 0 aromatic rings. The molecule has 0 aromatic carbocycles. The average Bonchev–Trinajstić information content (AvgIpc) is 2.01. The second-order valence-corrected chi connectivity index (χ2v) is 2.77. The molecule has 0 saturated heterocycles. The van der Waals surface area contributed by atoms with E-state index in [0.29, 0.717) is 0 Å². The van der Waals surface area contributed by atoms with E-state index in [-0.39, 0.29) is 10.6 Å². The van der Waals surface area contributed by atoms with E-state index in [9.17, 15) is 9.59 Å². The van der Waals surface area contributed by atoms with E-state index in [4.69, 9.17) is 28.5 Å². The Morgan fingerprint density at radius 2 is 1.92 bits per heavy atom. The molecule has 3 nitrogen and oxygen atoms in total. The van der Waals surface area contributed by atoms with Crippen LogP contribution in [0.5, 0.6) is 0 Å². The second kappa shape index (κ2) is 3.10. The monoisotopic (exact) mass is 201 g/mol. The summed E-state index contributed by atoms with van der Waals surface area (Å²) >= 11 is 10.7. The number of rotatable bonds is 0. The highest BCUT2D eigenvalue weighted by Gasteiger charge is 2.26. The summed E-state index contributed by atoms with van der Waals surface area (Å²) in [5.74, 6) is -1.32. The molecule has 0 saturated carbocycles. The third-order valence-corrected chi connectivity index (χ3v) is 1.89. The van der Waals surface area contributed by atoms with Crippen LogP contribution in [0.2, 0.25) is 0 Å². The van der Waals surface area contributed by atoms with E-state index in [1.54, 1.807) is 0 Å². The minimum atomic E-state index is -0.686. The van der Waals surface area contributed by atoms with Gasteiger partial charge in [0.2, 0.25) is 5.78 Å². The molecule has 0 spiro atoms. The Balaban J connectivity index is 3.28. The largest absolute Gasteiger partial charge is 0.288 e. The summed E-state index contributed by atoms with van der Waals surface area (Å²) in [6.45, 7) is 0. The number of hydrogen-bond donors (Lipinski definition) is 0. The molecule has 0 aliphatic heterocycles. The molecule has 0 atom stereocenters. The molecule has 0 heterocycles. The first-order valence-electron chi connectivity index (χ1n) is 2.84. The zero-order chi connectivity index (χ0) is 9.30. The fraction of sp³-hybridized carbons (Fsp3) is 0. The summed E-state index contributed by atoms with van der Waals surface area (Å²) < 4.78 is 0. The molecule has 0 unspecified atom stereocenters. The number of nitrogens with zero attached hydrogens (tertiary/aromatic N) is 1. The minimum absolute atomic E-state index is 0.260. The Morgan fingerprint density at radius 3 is 2.42 bits per heavy atom. The van der Waals surface area contributed by atoms with Gasteiger partial charge in [-0.05, 0) is 0 Å². The van der Waals surface area contributed by atoms with Crippen molar-refractivity contribution in [3.63, 3.8) is 0 Å². The van der Waals surface area contributed by atoms with Crippen molar-refractivity contribution in [1.29, 1.82) is 5.26 Å². The van der Waals surface area contributed by atoms with Crippen LogP contribution in [0.25, 0.3) is 0 Å². The highest BCUT2D eigenvalue weighted by molar-refractivity contribution is 6.58. The molecule has 1 aliphatic rings. The van der Waals surface area contributed by atoms with Crippen LogP contribution < -0.4 is 0 Å². The Hall–Kier alpha value is -1.11. The van der Waals surface area contributed by atoms with Gasteiger partial charge in [0, 0.05) is 6.08 Å². The van der Waals surface area contributed by atoms with Gasteiger partial charge in [-0.2, -0.15) is 5.26 Å². The lowest BCUT2D eigenvalue weighted by atomic mass is 10.0. The van der Waals surface area contributed by atoms with Crippen molar-refractivity contribution in [1.82, 2.24) is 0 Å². The predicted octanol–water partition coefficient (Wildman–Crippen LogP) is 1.28. The average molecular weight is 202 g/mol. The van der Waals surface area contributed by atoms with Crippen molar-refractivity contribution in [2.75, 3.05) is 0 Å². The number of carbonyl (C=O) groups excluding carboxylic acids is 2. The number of nitriles is 1. The maximum atomic E-state index is 10.9. The summed E-state index contributed by atoms with van der Waals surface area (Å²) in [5, 5.41) is 7.73. The summed E-state index contributed by atoms with van der Waals surface area (Å²) in [6, 6.07) is 1.53. The number of halogens is 2. The molecular weight excluding hydrogens is 201 g/mol. The number of hydrogen-bond acceptors (Lipinski definition) is 3. The zero-order valence-electron chi connectivity index (χ0n) is 5.60. The molecule has 0 amide bonds.